The first kappa shape index (κ1) is 36.0. The average Bonchev–Trinajstić information content (AvgIpc) is 3.15. The molecular weight excluding hydrogens is 630 g/mol. The van der Waals surface area contributed by atoms with Gasteiger partial charge in [-0.25, -0.2) is 4.79 Å². The molecule has 0 N–H and O–H groups in total. The molecule has 0 saturated carbocycles. The quantitative estimate of drug-likeness (QED) is 0.0950. The number of carbonyl (C=O) groups excluding carboxylic acids is 2. The summed E-state index contributed by atoms with van der Waals surface area (Å²) >= 11 is 0. The van der Waals surface area contributed by atoms with Crippen LogP contribution in [-0.4, -0.2) is 19.0 Å². The van der Waals surface area contributed by atoms with Gasteiger partial charge in [0.15, 0.2) is 0 Å². The summed E-state index contributed by atoms with van der Waals surface area (Å²) in [6.45, 7) is 5.43. The van der Waals surface area contributed by atoms with E-state index >= 15 is 0 Å². The summed E-state index contributed by atoms with van der Waals surface area (Å²) in [6, 6.07) is 56.8. The van der Waals surface area contributed by atoms with E-state index in [-0.39, 0.29) is 11.9 Å². The predicted molar refractivity (Wildman–Crippen MR) is 204 cm³/mol. The monoisotopic (exact) mass is 670 g/mol. The van der Waals surface area contributed by atoms with Crippen molar-refractivity contribution in [2.75, 3.05) is 7.11 Å². The van der Waals surface area contributed by atoms with Gasteiger partial charge in [0.1, 0.15) is 5.75 Å². The number of carbonyl (C=O) groups is 2. The van der Waals surface area contributed by atoms with Crippen LogP contribution in [0.1, 0.15) is 31.1 Å². The molecule has 4 nitrogen and oxygen atoms in total. The van der Waals surface area contributed by atoms with Gasteiger partial charge in [-0.3, -0.25) is 4.79 Å². The second-order valence-corrected chi connectivity index (χ2v) is 14.5. The van der Waals surface area contributed by atoms with Crippen LogP contribution < -0.4 is 36.6 Å². The van der Waals surface area contributed by atoms with E-state index in [0.717, 1.165) is 10.6 Å². The van der Waals surface area contributed by atoms with E-state index in [0.29, 0.717) is 11.3 Å². The van der Waals surface area contributed by atoms with Crippen molar-refractivity contribution >= 4 is 59.6 Å². The molecule has 0 fully saturated rings. The van der Waals surface area contributed by atoms with E-state index < -0.39 is 15.8 Å². The van der Waals surface area contributed by atoms with Crippen molar-refractivity contribution in [3.8, 4) is 5.75 Å². The number of ether oxygens (including phenoxy) is 2. The number of hydrogen-bond donors (Lipinski definition) is 0. The Bertz CT molecular complexity index is 1770. The largest absolute Gasteiger partial charge is 0.465 e. The summed E-state index contributed by atoms with van der Waals surface area (Å²) in [5, 5.41) is 6.96. The van der Waals surface area contributed by atoms with E-state index in [4.69, 9.17) is 9.47 Å². The Balaban J connectivity index is 0.000000206. The van der Waals surface area contributed by atoms with E-state index in [1.165, 1.54) is 35.3 Å². The molecular formula is C42H40O4P2. The third-order valence-corrected chi connectivity index (χ3v) is 11.9. The first-order chi connectivity index (χ1) is 23.6. The van der Waals surface area contributed by atoms with Gasteiger partial charge in [-0.15, -0.1) is 0 Å². The summed E-state index contributed by atoms with van der Waals surface area (Å²) in [5.41, 5.74) is 0.633. The number of esters is 2. The minimum Gasteiger partial charge on any atom is -0.465 e. The Morgan fingerprint density at radius 3 is 1.19 bits per heavy atom. The minimum absolute atomic E-state index is 0.292. The lowest BCUT2D eigenvalue weighted by Gasteiger charge is -2.21. The zero-order valence-corrected chi connectivity index (χ0v) is 29.5. The van der Waals surface area contributed by atoms with Crippen LogP contribution in [0.3, 0.4) is 0 Å². The highest BCUT2D eigenvalue weighted by atomic mass is 31.1. The van der Waals surface area contributed by atoms with Crippen LogP contribution in [0.5, 0.6) is 5.75 Å². The Hall–Kier alpha value is -4.88. The van der Waals surface area contributed by atoms with Gasteiger partial charge in [-0.2, -0.15) is 0 Å². The maximum Gasteiger partial charge on any atom is 0.338 e. The zero-order valence-electron chi connectivity index (χ0n) is 27.7. The van der Waals surface area contributed by atoms with E-state index in [1.54, 1.807) is 0 Å². The van der Waals surface area contributed by atoms with Crippen molar-refractivity contribution in [3.63, 3.8) is 0 Å². The minimum atomic E-state index is -0.806. The van der Waals surface area contributed by atoms with Crippen molar-refractivity contribution in [1.82, 2.24) is 0 Å². The summed E-state index contributed by atoms with van der Waals surface area (Å²) in [7, 11) is -0.157. The molecule has 6 aromatic rings. The van der Waals surface area contributed by atoms with Gasteiger partial charge in [-0.1, -0.05) is 172 Å². The Kier molecular flexibility index (Phi) is 14.3. The SMILES string of the molecule is CC.CC(=O)Oc1ccccc1P(c1ccccc1)c1ccccc1.COC(=O)c1ccccc1P(c1ccccc1)c1ccccc1. The first-order valence-electron chi connectivity index (χ1n) is 15.8. The highest BCUT2D eigenvalue weighted by Crippen LogP contribution is 2.36. The highest BCUT2D eigenvalue weighted by Gasteiger charge is 2.23. The Morgan fingerprint density at radius 2 is 0.792 bits per heavy atom. The molecule has 48 heavy (non-hydrogen) atoms. The van der Waals surface area contributed by atoms with Gasteiger partial charge in [-0.05, 0) is 54.5 Å². The third kappa shape index (κ3) is 9.58. The van der Waals surface area contributed by atoms with E-state index in [9.17, 15) is 9.59 Å². The van der Waals surface area contributed by atoms with Gasteiger partial charge < -0.3 is 9.47 Å². The van der Waals surface area contributed by atoms with Crippen molar-refractivity contribution in [2.45, 2.75) is 20.8 Å². The fourth-order valence-electron chi connectivity index (χ4n) is 5.00. The first-order valence-corrected chi connectivity index (χ1v) is 18.5. The van der Waals surface area contributed by atoms with Gasteiger partial charge in [0, 0.05) is 12.2 Å². The fourth-order valence-corrected chi connectivity index (χ4v) is 9.80. The highest BCUT2D eigenvalue weighted by molar-refractivity contribution is 7.80. The van der Waals surface area contributed by atoms with Crippen molar-refractivity contribution in [2.24, 2.45) is 0 Å². The number of rotatable bonds is 8. The topological polar surface area (TPSA) is 52.6 Å². The third-order valence-electron chi connectivity index (χ3n) is 6.97. The molecule has 0 aliphatic rings. The number of benzene rings is 6. The Labute approximate surface area is 286 Å². The van der Waals surface area contributed by atoms with Gasteiger partial charge in [0.05, 0.1) is 12.7 Å². The van der Waals surface area contributed by atoms with Crippen LogP contribution in [0.25, 0.3) is 0 Å². The summed E-state index contributed by atoms with van der Waals surface area (Å²) in [5.74, 6) is 0.0484. The molecule has 0 bridgehead atoms. The van der Waals surface area contributed by atoms with Crippen molar-refractivity contribution < 1.29 is 19.1 Å². The van der Waals surface area contributed by atoms with Gasteiger partial charge in [0.2, 0.25) is 0 Å². The molecule has 0 aromatic heterocycles. The standard InChI is InChI=1S/2C20H17O2P.C2H6/c1-22-20(21)18-14-8-9-15-19(18)23(16-10-4-2-5-11-16)17-12-6-3-7-13-17;1-16(21)22-19-14-8-9-15-20(19)23(17-10-4-2-5-11-17)18-12-6-3-7-13-18;1-2/h2*2-15H,1H3;1-2H3. The van der Waals surface area contributed by atoms with Gasteiger partial charge in [0.25, 0.3) is 0 Å². The number of hydrogen-bond acceptors (Lipinski definition) is 4. The molecule has 242 valence electrons. The molecule has 6 heteroatoms. The second kappa shape index (κ2) is 19.1. The molecule has 6 aromatic carbocycles. The van der Waals surface area contributed by atoms with Crippen LogP contribution in [0.2, 0.25) is 0 Å². The lowest BCUT2D eigenvalue weighted by atomic mass is 10.2. The molecule has 0 spiro atoms. The van der Waals surface area contributed by atoms with Crippen molar-refractivity contribution in [1.29, 1.82) is 0 Å². The van der Waals surface area contributed by atoms with Crippen LogP contribution in [0, 0.1) is 0 Å². The second-order valence-electron chi connectivity index (χ2n) is 10.1. The summed E-state index contributed by atoms with van der Waals surface area (Å²) in [6.07, 6.45) is 0. The number of methoxy groups -OCH3 is 1. The van der Waals surface area contributed by atoms with Crippen LogP contribution in [0.4, 0.5) is 0 Å². The van der Waals surface area contributed by atoms with Gasteiger partial charge >= 0.3 is 11.9 Å². The average molecular weight is 671 g/mol. The van der Waals surface area contributed by atoms with Crippen LogP contribution in [0.15, 0.2) is 170 Å². The molecule has 0 heterocycles. The predicted octanol–water partition coefficient (Wildman–Crippen LogP) is 7.63. The zero-order chi connectivity index (χ0) is 34.1. The maximum atomic E-state index is 12.2. The lowest BCUT2D eigenvalue weighted by Crippen LogP contribution is -2.25. The maximum absolute atomic E-state index is 12.2. The van der Waals surface area contributed by atoms with Crippen molar-refractivity contribution in [3.05, 3.63) is 175 Å². The van der Waals surface area contributed by atoms with E-state index in [2.05, 4.69) is 48.5 Å². The molecule has 0 aliphatic heterocycles. The normalized spacial score (nSPS) is 10.2. The number of para-hydroxylation sites is 1. The molecule has 0 atom stereocenters. The molecule has 6 rings (SSSR count). The summed E-state index contributed by atoms with van der Waals surface area (Å²) in [4.78, 5) is 23.6. The smallest absolute Gasteiger partial charge is 0.338 e. The fraction of sp³-hybridized carbons (Fsp3) is 0.0952. The summed E-state index contributed by atoms with van der Waals surface area (Å²) < 4.78 is 10.4. The molecule has 0 radical (unpaired) electrons. The Morgan fingerprint density at radius 1 is 0.458 bits per heavy atom. The molecule has 0 unspecified atom stereocenters. The van der Waals surface area contributed by atoms with E-state index in [1.807, 2.05) is 135 Å². The molecule has 0 amide bonds. The van der Waals surface area contributed by atoms with Crippen LogP contribution in [-0.2, 0) is 9.53 Å². The van der Waals surface area contributed by atoms with Crippen LogP contribution >= 0.6 is 15.8 Å². The molecule has 0 saturated heterocycles. The molecule has 0 aliphatic carbocycles. The lowest BCUT2D eigenvalue weighted by molar-refractivity contribution is -0.131.